The van der Waals surface area contributed by atoms with Crippen molar-refractivity contribution in [3.63, 3.8) is 0 Å². The summed E-state index contributed by atoms with van der Waals surface area (Å²) < 4.78 is 24.1. The van der Waals surface area contributed by atoms with Crippen LogP contribution in [0.25, 0.3) is 0 Å². The van der Waals surface area contributed by atoms with Gasteiger partial charge in [0.15, 0.2) is 23.3 Å². The zero-order valence-corrected chi connectivity index (χ0v) is 18.1. The zero-order chi connectivity index (χ0) is 18.4. The Morgan fingerprint density at radius 1 is 1.38 bits per heavy atom. The quantitative estimate of drug-likeness (QED) is 0.391. The largest absolute Gasteiger partial charge is 0.494 e. The van der Waals surface area contributed by atoms with Crippen LogP contribution in [0, 0.1) is 5.82 Å². The predicted molar refractivity (Wildman–Crippen MR) is 111 cm³/mol. The third-order valence-electron chi connectivity index (χ3n) is 3.80. The molecular weight excluding hydrogens is 450 g/mol. The molecule has 0 saturated carbocycles. The van der Waals surface area contributed by atoms with E-state index in [-0.39, 0.29) is 35.5 Å². The molecule has 2 aromatic rings. The second-order valence-electron chi connectivity index (χ2n) is 6.10. The molecule has 1 aromatic carbocycles. The molecule has 2 rings (SSSR count). The highest BCUT2D eigenvalue weighted by Gasteiger charge is 2.11. The Kier molecular flexibility index (Phi) is 8.83. The molecule has 0 aliphatic heterocycles. The number of benzene rings is 1. The lowest BCUT2D eigenvalue weighted by atomic mass is 10.1. The lowest BCUT2D eigenvalue weighted by Crippen LogP contribution is -2.38. The number of hydrogen-bond acceptors (Lipinski definition) is 4. The molecule has 1 aromatic heterocycles. The molecule has 0 atom stereocenters. The van der Waals surface area contributed by atoms with Gasteiger partial charge in [0, 0.05) is 26.7 Å². The summed E-state index contributed by atoms with van der Waals surface area (Å²) in [6, 6.07) is 6.85. The van der Waals surface area contributed by atoms with E-state index in [0.29, 0.717) is 25.0 Å². The van der Waals surface area contributed by atoms with Gasteiger partial charge in [-0.25, -0.2) is 4.39 Å². The summed E-state index contributed by atoms with van der Waals surface area (Å²) in [4.78, 5) is 6.15. The Morgan fingerprint density at radius 3 is 2.65 bits per heavy atom. The van der Waals surface area contributed by atoms with Crippen molar-refractivity contribution in [3.8, 4) is 5.75 Å². The average Bonchev–Trinajstić information content (AvgIpc) is 3.05. The number of nitrogens with zero attached hydrogens (tertiary/aromatic N) is 3. The van der Waals surface area contributed by atoms with Gasteiger partial charge in [0.2, 0.25) is 0 Å². The van der Waals surface area contributed by atoms with Gasteiger partial charge in [-0.1, -0.05) is 25.1 Å². The van der Waals surface area contributed by atoms with Gasteiger partial charge in [0.05, 0.1) is 19.3 Å². The van der Waals surface area contributed by atoms with Gasteiger partial charge in [-0.2, -0.15) is 0 Å². The Labute approximate surface area is 170 Å². The highest BCUT2D eigenvalue weighted by Crippen LogP contribution is 2.18. The average molecular weight is 476 g/mol. The van der Waals surface area contributed by atoms with Gasteiger partial charge in [-0.05, 0) is 23.6 Å². The predicted octanol–water partition coefficient (Wildman–Crippen LogP) is 3.77. The molecule has 0 fully saturated rings. The summed E-state index contributed by atoms with van der Waals surface area (Å²) in [5.41, 5.74) is 1.75. The number of nitrogens with one attached hydrogen (secondary N) is 1. The monoisotopic (exact) mass is 476 g/mol. The van der Waals surface area contributed by atoms with Crippen LogP contribution in [-0.2, 0) is 13.1 Å². The van der Waals surface area contributed by atoms with Crippen molar-refractivity contribution < 1.29 is 13.7 Å². The number of rotatable bonds is 6. The van der Waals surface area contributed by atoms with Crippen molar-refractivity contribution in [2.75, 3.05) is 21.2 Å². The van der Waals surface area contributed by atoms with Crippen LogP contribution in [0.3, 0.4) is 0 Å². The molecule has 0 radical (unpaired) electrons. The molecule has 26 heavy (non-hydrogen) atoms. The molecule has 6 nitrogen and oxygen atoms in total. The summed E-state index contributed by atoms with van der Waals surface area (Å²) >= 11 is 0. The number of halogens is 2. The van der Waals surface area contributed by atoms with E-state index in [4.69, 9.17) is 9.26 Å². The SMILES string of the molecule is CN=C(NCc1cc(C(C)C)no1)N(C)Cc1ccc(OC)c(F)c1.I. The highest BCUT2D eigenvalue weighted by atomic mass is 127. The summed E-state index contributed by atoms with van der Waals surface area (Å²) in [7, 11) is 5.04. The molecule has 0 aliphatic carbocycles. The number of aromatic nitrogens is 1. The summed E-state index contributed by atoms with van der Waals surface area (Å²) in [5.74, 6) is 1.61. The second-order valence-corrected chi connectivity index (χ2v) is 6.10. The summed E-state index contributed by atoms with van der Waals surface area (Å²) in [5, 5.41) is 7.25. The van der Waals surface area contributed by atoms with Crippen molar-refractivity contribution in [1.82, 2.24) is 15.4 Å². The molecule has 0 amide bonds. The first-order chi connectivity index (χ1) is 11.9. The standard InChI is InChI=1S/C18H25FN4O2.HI/c1-12(2)16-9-14(25-22-16)10-21-18(20-3)23(4)11-13-6-7-17(24-5)15(19)8-13;/h6-9,12H,10-11H2,1-5H3,(H,20,21);1H. The van der Waals surface area contributed by atoms with E-state index in [9.17, 15) is 4.39 Å². The molecule has 0 saturated heterocycles. The van der Waals surface area contributed by atoms with Crippen LogP contribution in [0.15, 0.2) is 33.8 Å². The van der Waals surface area contributed by atoms with E-state index in [1.54, 1.807) is 13.1 Å². The van der Waals surface area contributed by atoms with E-state index >= 15 is 0 Å². The van der Waals surface area contributed by atoms with Gasteiger partial charge in [-0.3, -0.25) is 4.99 Å². The minimum Gasteiger partial charge on any atom is -0.494 e. The number of aliphatic imine (C=N–C) groups is 1. The van der Waals surface area contributed by atoms with Gasteiger partial charge >= 0.3 is 0 Å². The van der Waals surface area contributed by atoms with Crippen LogP contribution < -0.4 is 10.1 Å². The van der Waals surface area contributed by atoms with Crippen molar-refractivity contribution in [3.05, 3.63) is 47.1 Å². The molecule has 0 unspecified atom stereocenters. The normalized spacial score (nSPS) is 11.3. The molecule has 8 heteroatoms. The van der Waals surface area contributed by atoms with Gasteiger partial charge in [0.1, 0.15) is 0 Å². The fourth-order valence-electron chi connectivity index (χ4n) is 2.39. The maximum atomic E-state index is 13.8. The number of methoxy groups -OCH3 is 1. The second kappa shape index (κ2) is 10.3. The number of ether oxygens (including phenoxy) is 1. The lowest BCUT2D eigenvalue weighted by molar-refractivity contribution is 0.368. The summed E-state index contributed by atoms with van der Waals surface area (Å²) in [6.45, 7) is 5.12. The smallest absolute Gasteiger partial charge is 0.194 e. The van der Waals surface area contributed by atoms with Crippen molar-refractivity contribution in [2.24, 2.45) is 4.99 Å². The molecular formula is C18H26FIN4O2. The minimum absolute atomic E-state index is 0. The Morgan fingerprint density at radius 2 is 2.12 bits per heavy atom. The van der Waals surface area contributed by atoms with E-state index in [1.165, 1.54) is 13.2 Å². The number of guanidine groups is 1. The van der Waals surface area contributed by atoms with Crippen LogP contribution >= 0.6 is 24.0 Å². The van der Waals surface area contributed by atoms with Crippen LogP contribution in [-0.4, -0.2) is 37.2 Å². The van der Waals surface area contributed by atoms with E-state index in [0.717, 1.165) is 17.0 Å². The Balaban J connectivity index is 0.00000338. The topological polar surface area (TPSA) is 62.9 Å². The van der Waals surface area contributed by atoms with E-state index < -0.39 is 0 Å². The van der Waals surface area contributed by atoms with Crippen molar-refractivity contribution >= 4 is 29.9 Å². The van der Waals surface area contributed by atoms with Crippen LogP contribution in [0.1, 0.15) is 36.8 Å². The van der Waals surface area contributed by atoms with Crippen molar-refractivity contribution in [2.45, 2.75) is 32.9 Å². The first-order valence-electron chi connectivity index (χ1n) is 8.14. The van der Waals surface area contributed by atoms with E-state index in [1.807, 2.05) is 24.1 Å². The highest BCUT2D eigenvalue weighted by molar-refractivity contribution is 14.0. The molecule has 1 N–H and O–H groups in total. The lowest BCUT2D eigenvalue weighted by Gasteiger charge is -2.22. The fourth-order valence-corrected chi connectivity index (χ4v) is 2.39. The third-order valence-corrected chi connectivity index (χ3v) is 3.80. The van der Waals surface area contributed by atoms with Gasteiger partial charge in [-0.15, -0.1) is 24.0 Å². The molecule has 0 spiro atoms. The van der Waals surface area contributed by atoms with Crippen LogP contribution in [0.2, 0.25) is 0 Å². The fraction of sp³-hybridized carbons (Fsp3) is 0.444. The van der Waals surface area contributed by atoms with Crippen molar-refractivity contribution in [1.29, 1.82) is 0 Å². The first-order valence-corrected chi connectivity index (χ1v) is 8.14. The van der Waals surface area contributed by atoms with Crippen LogP contribution in [0.5, 0.6) is 5.75 Å². The Bertz CT molecular complexity index is 734. The van der Waals surface area contributed by atoms with Gasteiger partial charge < -0.3 is 19.5 Å². The maximum absolute atomic E-state index is 13.8. The maximum Gasteiger partial charge on any atom is 0.194 e. The number of hydrogen-bond donors (Lipinski definition) is 1. The minimum atomic E-state index is -0.376. The molecule has 0 aliphatic rings. The Hall–Kier alpha value is -1.84. The van der Waals surface area contributed by atoms with E-state index in [2.05, 4.69) is 29.3 Å². The summed E-state index contributed by atoms with van der Waals surface area (Å²) in [6.07, 6.45) is 0. The van der Waals surface area contributed by atoms with Gasteiger partial charge in [0.25, 0.3) is 0 Å². The molecule has 0 bridgehead atoms. The third kappa shape index (κ3) is 5.86. The van der Waals surface area contributed by atoms with Crippen LogP contribution in [0.4, 0.5) is 4.39 Å². The molecule has 144 valence electrons. The molecule has 1 heterocycles. The zero-order valence-electron chi connectivity index (χ0n) is 15.7. The first kappa shape index (κ1) is 22.2.